The van der Waals surface area contributed by atoms with Gasteiger partial charge in [-0.15, -0.1) is 0 Å². The van der Waals surface area contributed by atoms with E-state index in [0.29, 0.717) is 54.9 Å². The van der Waals surface area contributed by atoms with E-state index in [4.69, 9.17) is 9.47 Å². The van der Waals surface area contributed by atoms with Crippen LogP contribution in [0.1, 0.15) is 35.6 Å². The minimum absolute atomic E-state index is 0.0941. The second kappa shape index (κ2) is 11.7. The number of benzene rings is 2. The van der Waals surface area contributed by atoms with Crippen LogP contribution in [-0.4, -0.2) is 23.4 Å². The molecule has 0 amide bonds. The number of hydrogen-bond donors (Lipinski definition) is 0. The quantitative estimate of drug-likeness (QED) is 0.144. The molecule has 2 heterocycles. The van der Waals surface area contributed by atoms with Gasteiger partial charge >= 0.3 is 265 Å². The summed E-state index contributed by atoms with van der Waals surface area (Å²) in [4.78, 5) is 0. The fourth-order valence-corrected chi connectivity index (χ4v) is 15.4. The Bertz CT molecular complexity index is 1840. The number of nitrogens with zero attached hydrogens (tertiary/aromatic N) is 2. The van der Waals surface area contributed by atoms with Crippen LogP contribution < -0.4 is 17.2 Å². The van der Waals surface area contributed by atoms with Crippen molar-refractivity contribution < 1.29 is 43.6 Å². The predicted octanol–water partition coefficient (Wildman–Crippen LogP) is 7.87. The molecule has 6 rings (SSSR count). The second-order valence-electron chi connectivity index (χ2n) is 11.5. The molecule has 4 aromatic rings. The fraction of sp³-hybridized carbons (Fsp3) is 0.222. The maximum atomic E-state index is 17.4. The number of ether oxygens (including phenoxy) is 2. The van der Waals surface area contributed by atoms with Gasteiger partial charge in [0.1, 0.15) is 0 Å². The summed E-state index contributed by atoms with van der Waals surface area (Å²) in [6, 6.07) is 8.75. The van der Waals surface area contributed by atoms with E-state index in [0.717, 1.165) is 0 Å². The Morgan fingerprint density at radius 2 is 1.02 bits per heavy atom. The van der Waals surface area contributed by atoms with E-state index in [2.05, 4.69) is 0 Å². The topological polar surface area (TPSA) is 28.3 Å². The SMILES string of the molecule is COc1cc(C)n(-c2ccc(F)[c]([Ti]([C]3=CC=CC3)([C]3=CC=CC3)[c]3c(F)ccc(-n4c(C)cc(OC)c4C)c3F)c2F)c1C. The van der Waals surface area contributed by atoms with E-state index in [-0.39, 0.29) is 19.1 Å². The van der Waals surface area contributed by atoms with Crippen LogP contribution >= 0.6 is 0 Å². The number of aromatic nitrogens is 2. The average molecular weight is 651 g/mol. The van der Waals surface area contributed by atoms with E-state index < -0.39 is 39.9 Å². The van der Waals surface area contributed by atoms with E-state index in [9.17, 15) is 0 Å². The van der Waals surface area contributed by atoms with Crippen LogP contribution in [0.4, 0.5) is 17.6 Å². The van der Waals surface area contributed by atoms with Crippen molar-refractivity contribution in [3.63, 3.8) is 0 Å². The summed E-state index contributed by atoms with van der Waals surface area (Å²) in [5.74, 6) is -2.23. The molecular formula is C36H34F4N2O2Ti. The monoisotopic (exact) mass is 650 g/mol. The zero-order chi connectivity index (χ0) is 32.2. The van der Waals surface area contributed by atoms with Crippen molar-refractivity contribution in [2.45, 2.75) is 40.5 Å². The van der Waals surface area contributed by atoms with E-state index in [1.54, 1.807) is 73.3 Å². The third-order valence-electron chi connectivity index (χ3n) is 9.09. The van der Waals surface area contributed by atoms with Gasteiger partial charge < -0.3 is 0 Å². The molecule has 0 N–H and O–H groups in total. The molecule has 9 heteroatoms. The Hall–Kier alpha value is -4.01. The third kappa shape index (κ3) is 4.60. The van der Waals surface area contributed by atoms with Crippen molar-refractivity contribution in [2.75, 3.05) is 14.2 Å². The molecule has 2 aromatic heterocycles. The molecule has 232 valence electrons. The maximum absolute atomic E-state index is 17.4. The molecule has 0 saturated heterocycles. The molecule has 0 radical (unpaired) electrons. The first-order valence-electron chi connectivity index (χ1n) is 14.7. The average Bonchev–Trinajstić information content (AvgIpc) is 3.83. The van der Waals surface area contributed by atoms with Gasteiger partial charge in [0, 0.05) is 0 Å². The van der Waals surface area contributed by atoms with Crippen LogP contribution in [0.3, 0.4) is 0 Å². The first-order chi connectivity index (χ1) is 21.6. The minimum atomic E-state index is -5.06. The van der Waals surface area contributed by atoms with Crippen molar-refractivity contribution in [1.29, 1.82) is 0 Å². The van der Waals surface area contributed by atoms with E-state index >= 15 is 17.6 Å². The standard InChI is InChI=1S/2C13H12F2NO.2C5H5.Ti/c2*1-8-6-13(17-3)9(2)16(8)12-5-4-10(14)7-11(12)15;2*1-2-4-5-3-1;/h2*4-6H,1-3H3;2*1-3H,4H2;. The number of allylic oxidation sites excluding steroid dienone is 8. The molecule has 4 nitrogen and oxygen atoms in total. The molecule has 0 saturated carbocycles. The molecule has 0 aliphatic heterocycles. The van der Waals surface area contributed by atoms with Crippen LogP contribution in [0.2, 0.25) is 0 Å². The zero-order valence-corrected chi connectivity index (χ0v) is 27.6. The van der Waals surface area contributed by atoms with Crippen LogP contribution in [0.25, 0.3) is 11.4 Å². The van der Waals surface area contributed by atoms with Gasteiger partial charge in [-0.25, -0.2) is 0 Å². The number of halogens is 4. The summed E-state index contributed by atoms with van der Waals surface area (Å²) in [5.41, 5.74) is 2.79. The van der Waals surface area contributed by atoms with Crippen molar-refractivity contribution >= 4 is 7.74 Å². The van der Waals surface area contributed by atoms with E-state index in [1.807, 2.05) is 12.2 Å². The van der Waals surface area contributed by atoms with Crippen LogP contribution in [-0.2, 0) is 16.6 Å². The van der Waals surface area contributed by atoms with Gasteiger partial charge in [0.25, 0.3) is 0 Å². The molecule has 0 atom stereocenters. The summed E-state index contributed by atoms with van der Waals surface area (Å²) >= 11 is -5.06. The first-order valence-corrected chi connectivity index (χ1v) is 17.9. The van der Waals surface area contributed by atoms with Gasteiger partial charge in [-0.2, -0.15) is 0 Å². The Balaban J connectivity index is 1.76. The Labute approximate surface area is 264 Å². The van der Waals surface area contributed by atoms with Gasteiger partial charge in [-0.3, -0.25) is 0 Å². The normalized spacial score (nSPS) is 14.4. The molecule has 45 heavy (non-hydrogen) atoms. The number of aryl methyl sites for hydroxylation is 2. The van der Waals surface area contributed by atoms with Gasteiger partial charge in [0.2, 0.25) is 0 Å². The molecule has 2 aromatic carbocycles. The number of methoxy groups -OCH3 is 2. The van der Waals surface area contributed by atoms with Crippen LogP contribution in [0.15, 0.2) is 80.6 Å². The Morgan fingerprint density at radius 3 is 1.33 bits per heavy atom. The van der Waals surface area contributed by atoms with Crippen molar-refractivity contribution in [1.82, 2.24) is 9.13 Å². The molecule has 0 fully saturated rings. The summed E-state index contributed by atoms with van der Waals surface area (Å²) in [7, 11) is 3.06. The second-order valence-corrected chi connectivity index (χ2v) is 17.4. The molecule has 2 aliphatic rings. The molecule has 0 spiro atoms. The summed E-state index contributed by atoms with van der Waals surface area (Å²) in [6.07, 6.45) is 11.6. The summed E-state index contributed by atoms with van der Waals surface area (Å²) in [6.45, 7) is 7.18. The molecule has 0 bridgehead atoms. The van der Waals surface area contributed by atoms with E-state index in [1.165, 1.54) is 38.5 Å². The molecular weight excluding hydrogens is 616 g/mol. The number of hydrogen-bond acceptors (Lipinski definition) is 2. The molecule has 0 unspecified atom stereocenters. The van der Waals surface area contributed by atoms with Gasteiger partial charge in [0.15, 0.2) is 0 Å². The Kier molecular flexibility index (Phi) is 8.08. The van der Waals surface area contributed by atoms with Crippen molar-refractivity contribution in [2.24, 2.45) is 0 Å². The first kappa shape index (κ1) is 31.0. The Morgan fingerprint density at radius 1 is 0.622 bits per heavy atom. The van der Waals surface area contributed by atoms with Gasteiger partial charge in [-0.05, 0) is 0 Å². The summed E-state index contributed by atoms with van der Waals surface area (Å²) in [5, 5.41) is 0. The van der Waals surface area contributed by atoms with Crippen molar-refractivity contribution in [3.8, 4) is 22.9 Å². The van der Waals surface area contributed by atoms with Gasteiger partial charge in [-0.1, -0.05) is 0 Å². The number of rotatable bonds is 8. The van der Waals surface area contributed by atoms with Crippen molar-refractivity contribution in [3.05, 3.63) is 127 Å². The third-order valence-corrected chi connectivity index (χ3v) is 17.0. The molecule has 2 aliphatic carbocycles. The predicted molar refractivity (Wildman–Crippen MR) is 166 cm³/mol. The van der Waals surface area contributed by atoms with Crippen LogP contribution in [0.5, 0.6) is 11.5 Å². The van der Waals surface area contributed by atoms with Gasteiger partial charge in [0.05, 0.1) is 0 Å². The summed E-state index contributed by atoms with van der Waals surface area (Å²) < 4.78 is 83.1. The van der Waals surface area contributed by atoms with Crippen LogP contribution in [0, 0.1) is 51.0 Å². The fourth-order valence-electron chi connectivity index (χ4n) is 7.16. The zero-order valence-electron chi connectivity index (χ0n) is 26.1.